The highest BCUT2D eigenvalue weighted by molar-refractivity contribution is 7.99. The van der Waals surface area contributed by atoms with Crippen molar-refractivity contribution in [1.82, 2.24) is 9.97 Å². The van der Waals surface area contributed by atoms with E-state index in [1.54, 1.807) is 30.6 Å². The molecule has 0 aliphatic rings. The maximum absolute atomic E-state index is 13.5. The van der Waals surface area contributed by atoms with Crippen LogP contribution in [-0.2, 0) is 0 Å². The number of nitrogens with two attached hydrogens (primary N) is 1. The van der Waals surface area contributed by atoms with Crippen molar-refractivity contribution in [3.8, 4) is 5.88 Å². The van der Waals surface area contributed by atoms with Crippen molar-refractivity contribution in [2.45, 2.75) is 10.9 Å². The topological polar surface area (TPSA) is 61.0 Å². The maximum atomic E-state index is 13.5. The van der Waals surface area contributed by atoms with Crippen molar-refractivity contribution in [1.29, 1.82) is 0 Å². The average molecular weight is 279 g/mol. The molecule has 1 unspecified atom stereocenters. The molecule has 0 aliphatic carbocycles. The number of methoxy groups -OCH3 is 1. The predicted molar refractivity (Wildman–Crippen MR) is 72.6 cm³/mol. The second-order valence-electron chi connectivity index (χ2n) is 3.80. The molecule has 100 valence electrons. The summed E-state index contributed by atoms with van der Waals surface area (Å²) in [5.41, 5.74) is 6.62. The molecule has 0 aliphatic heterocycles. The summed E-state index contributed by atoms with van der Waals surface area (Å²) >= 11 is 1.35. The van der Waals surface area contributed by atoms with Gasteiger partial charge in [-0.2, -0.15) is 0 Å². The minimum Gasteiger partial charge on any atom is -0.480 e. The van der Waals surface area contributed by atoms with Gasteiger partial charge in [0, 0.05) is 23.0 Å². The number of rotatable bonds is 5. The molecule has 2 N–H and O–H groups in total. The second kappa shape index (κ2) is 6.49. The summed E-state index contributed by atoms with van der Waals surface area (Å²) in [5, 5.41) is 0. The highest BCUT2D eigenvalue weighted by Crippen LogP contribution is 2.27. The minimum atomic E-state index is -0.367. The quantitative estimate of drug-likeness (QED) is 0.852. The lowest BCUT2D eigenvalue weighted by Crippen LogP contribution is -2.16. The first-order chi connectivity index (χ1) is 9.22. The Morgan fingerprint density at radius 2 is 2.05 bits per heavy atom. The minimum absolute atomic E-state index is 0.245. The molecule has 2 rings (SSSR count). The Bertz CT molecular complexity index is 553. The zero-order chi connectivity index (χ0) is 13.7. The smallest absolute Gasteiger partial charge is 0.237 e. The molecule has 1 heterocycles. The zero-order valence-electron chi connectivity index (χ0n) is 10.4. The molecule has 0 bridgehead atoms. The largest absolute Gasteiger partial charge is 0.480 e. The molecular formula is C13H14FN3OS. The van der Waals surface area contributed by atoms with E-state index in [1.165, 1.54) is 24.9 Å². The molecule has 1 atom stereocenters. The van der Waals surface area contributed by atoms with E-state index in [-0.39, 0.29) is 11.9 Å². The summed E-state index contributed by atoms with van der Waals surface area (Å²) in [6.45, 7) is 0. The molecular weight excluding hydrogens is 265 g/mol. The summed E-state index contributed by atoms with van der Waals surface area (Å²) in [6.07, 6.45) is 3.10. The molecule has 2 aromatic rings. The summed E-state index contributed by atoms with van der Waals surface area (Å²) in [6, 6.07) is 6.23. The van der Waals surface area contributed by atoms with Gasteiger partial charge < -0.3 is 10.5 Å². The summed E-state index contributed by atoms with van der Waals surface area (Å²) in [7, 11) is 1.52. The van der Waals surface area contributed by atoms with Crippen LogP contribution in [0.1, 0.15) is 11.7 Å². The van der Waals surface area contributed by atoms with E-state index < -0.39 is 0 Å². The van der Waals surface area contributed by atoms with Gasteiger partial charge in [0.25, 0.3) is 0 Å². The van der Waals surface area contributed by atoms with Crippen LogP contribution < -0.4 is 10.5 Å². The van der Waals surface area contributed by atoms with E-state index in [0.717, 1.165) is 0 Å². The van der Waals surface area contributed by atoms with Crippen molar-refractivity contribution in [3.63, 3.8) is 0 Å². The molecule has 0 fully saturated rings. The van der Waals surface area contributed by atoms with Crippen molar-refractivity contribution in [2.24, 2.45) is 5.73 Å². The predicted octanol–water partition coefficient (Wildman–Crippen LogP) is 2.42. The van der Waals surface area contributed by atoms with Gasteiger partial charge in [-0.1, -0.05) is 12.1 Å². The van der Waals surface area contributed by atoms with E-state index >= 15 is 0 Å². The lowest BCUT2D eigenvalue weighted by Gasteiger charge is -2.13. The first-order valence-corrected chi connectivity index (χ1v) is 6.68. The lowest BCUT2D eigenvalue weighted by molar-refractivity contribution is 0.386. The number of benzene rings is 1. The first kappa shape index (κ1) is 13.8. The number of hydrogen-bond donors (Lipinski definition) is 1. The van der Waals surface area contributed by atoms with Crippen LogP contribution in [0.25, 0.3) is 0 Å². The van der Waals surface area contributed by atoms with Crippen molar-refractivity contribution in [3.05, 3.63) is 48.2 Å². The molecule has 1 aromatic heterocycles. The number of thioether (sulfide) groups is 1. The van der Waals surface area contributed by atoms with Gasteiger partial charge in [-0.05, 0) is 12.1 Å². The molecule has 1 aromatic carbocycles. The molecule has 6 heteroatoms. The van der Waals surface area contributed by atoms with Gasteiger partial charge in [-0.25, -0.2) is 9.37 Å². The molecule has 0 saturated heterocycles. The van der Waals surface area contributed by atoms with Gasteiger partial charge >= 0.3 is 0 Å². The molecule has 0 amide bonds. The maximum Gasteiger partial charge on any atom is 0.237 e. The van der Waals surface area contributed by atoms with Gasteiger partial charge in [0.2, 0.25) is 5.88 Å². The Kier molecular flexibility index (Phi) is 4.70. The number of aromatic nitrogens is 2. The fourth-order valence-electron chi connectivity index (χ4n) is 1.57. The highest BCUT2D eigenvalue weighted by atomic mass is 32.2. The van der Waals surface area contributed by atoms with Crippen molar-refractivity contribution in [2.75, 3.05) is 12.9 Å². The third-order valence-corrected chi connectivity index (χ3v) is 3.66. The zero-order valence-corrected chi connectivity index (χ0v) is 11.2. The third kappa shape index (κ3) is 3.42. The van der Waals surface area contributed by atoms with Gasteiger partial charge in [0.15, 0.2) is 0 Å². The monoisotopic (exact) mass is 279 g/mol. The Hall–Kier alpha value is -1.66. The molecule has 0 saturated carbocycles. The van der Waals surface area contributed by atoms with Crippen LogP contribution in [0.2, 0.25) is 0 Å². The third-order valence-electron chi connectivity index (χ3n) is 2.49. The van der Waals surface area contributed by atoms with Gasteiger partial charge in [0.05, 0.1) is 13.2 Å². The Labute approximate surface area is 115 Å². The van der Waals surface area contributed by atoms with Crippen LogP contribution in [0, 0.1) is 5.82 Å². The van der Waals surface area contributed by atoms with E-state index in [2.05, 4.69) is 9.97 Å². The number of halogens is 1. The van der Waals surface area contributed by atoms with Crippen molar-refractivity contribution >= 4 is 11.8 Å². The van der Waals surface area contributed by atoms with E-state index in [4.69, 9.17) is 10.5 Å². The molecule has 0 radical (unpaired) electrons. The number of ether oxygens (including phenoxy) is 1. The normalized spacial score (nSPS) is 12.2. The highest BCUT2D eigenvalue weighted by Gasteiger charge is 2.15. The fourth-order valence-corrected chi connectivity index (χ4v) is 2.47. The SMILES string of the molecule is COc1nccnc1C(N)CSc1ccccc1F. The number of nitrogens with zero attached hydrogens (tertiary/aromatic N) is 2. The standard InChI is InChI=1S/C13H14FN3OS/c1-18-13-12(16-6-7-17-13)10(15)8-19-11-5-3-2-4-9(11)14/h2-7,10H,8,15H2,1H3. The van der Waals surface area contributed by atoms with Crippen molar-refractivity contribution < 1.29 is 9.13 Å². The van der Waals surface area contributed by atoms with E-state index in [1.807, 2.05) is 0 Å². The summed E-state index contributed by atoms with van der Waals surface area (Å²) in [5.74, 6) is 0.658. The molecule has 19 heavy (non-hydrogen) atoms. The lowest BCUT2D eigenvalue weighted by atomic mass is 10.2. The van der Waals surface area contributed by atoms with Gasteiger partial charge in [-0.3, -0.25) is 4.98 Å². The van der Waals surface area contributed by atoms with Crippen LogP contribution in [0.4, 0.5) is 4.39 Å². The van der Waals surface area contributed by atoms with Gasteiger partial charge in [0.1, 0.15) is 11.5 Å². The van der Waals surface area contributed by atoms with Crippen LogP contribution in [0.3, 0.4) is 0 Å². The van der Waals surface area contributed by atoms with Crippen LogP contribution in [0.15, 0.2) is 41.6 Å². The summed E-state index contributed by atoms with van der Waals surface area (Å²) < 4.78 is 18.6. The van der Waals surface area contributed by atoms with Crippen LogP contribution >= 0.6 is 11.8 Å². The van der Waals surface area contributed by atoms with Gasteiger partial charge in [-0.15, -0.1) is 11.8 Å². The Balaban J connectivity index is 2.05. The average Bonchev–Trinajstić information content (AvgIpc) is 2.46. The van der Waals surface area contributed by atoms with E-state index in [9.17, 15) is 4.39 Å². The molecule has 0 spiro atoms. The fraction of sp³-hybridized carbons (Fsp3) is 0.231. The number of hydrogen-bond acceptors (Lipinski definition) is 5. The first-order valence-electron chi connectivity index (χ1n) is 5.70. The van der Waals surface area contributed by atoms with E-state index in [0.29, 0.717) is 22.2 Å². The Morgan fingerprint density at radius 1 is 1.32 bits per heavy atom. The Morgan fingerprint density at radius 3 is 2.79 bits per heavy atom. The van der Waals surface area contributed by atoms with Crippen LogP contribution in [0.5, 0.6) is 5.88 Å². The van der Waals surface area contributed by atoms with Crippen LogP contribution in [-0.4, -0.2) is 22.8 Å². The second-order valence-corrected chi connectivity index (χ2v) is 4.86. The molecule has 4 nitrogen and oxygen atoms in total. The summed E-state index contributed by atoms with van der Waals surface area (Å²) in [4.78, 5) is 8.78.